The Morgan fingerprint density at radius 2 is 1.78 bits per heavy atom. The SMILES string of the molecule is O=Cc1[nH]c(=O)[nH]c(=O)c1Cc1ccc(Cl)cc1. The zero-order chi connectivity index (χ0) is 13.1. The quantitative estimate of drug-likeness (QED) is 0.815. The molecular weight excluding hydrogens is 256 g/mol. The van der Waals surface area contributed by atoms with Crippen molar-refractivity contribution in [2.75, 3.05) is 0 Å². The first-order valence-corrected chi connectivity index (χ1v) is 5.53. The molecule has 0 spiro atoms. The molecule has 1 aromatic heterocycles. The Balaban J connectivity index is 2.46. The Labute approximate surface area is 106 Å². The molecule has 0 unspecified atom stereocenters. The number of carbonyl (C=O) groups excluding carboxylic acids is 1. The van der Waals surface area contributed by atoms with Crippen LogP contribution in [0.15, 0.2) is 33.9 Å². The standard InChI is InChI=1S/C12H9ClN2O3/c13-8-3-1-7(2-4-8)5-9-10(6-16)14-12(18)15-11(9)17/h1-4,6H,5H2,(H2,14,15,17,18). The molecule has 0 aliphatic carbocycles. The van der Waals surface area contributed by atoms with E-state index >= 15 is 0 Å². The Hall–Kier alpha value is -2.14. The average Bonchev–Trinajstić information content (AvgIpc) is 2.34. The fourth-order valence-electron chi connectivity index (χ4n) is 1.61. The fraction of sp³-hybridized carbons (Fsp3) is 0.0833. The van der Waals surface area contributed by atoms with Crippen LogP contribution in [-0.2, 0) is 6.42 Å². The minimum absolute atomic E-state index is 0.00120. The van der Waals surface area contributed by atoms with Crippen molar-refractivity contribution in [1.82, 2.24) is 9.97 Å². The molecule has 2 N–H and O–H groups in total. The van der Waals surface area contributed by atoms with Gasteiger partial charge in [-0.25, -0.2) is 4.79 Å². The molecule has 0 saturated carbocycles. The monoisotopic (exact) mass is 264 g/mol. The summed E-state index contributed by atoms with van der Waals surface area (Å²) >= 11 is 5.75. The largest absolute Gasteiger partial charge is 0.326 e. The Morgan fingerprint density at radius 3 is 2.39 bits per heavy atom. The summed E-state index contributed by atoms with van der Waals surface area (Å²) in [7, 11) is 0. The molecule has 5 nitrogen and oxygen atoms in total. The van der Waals surface area contributed by atoms with Gasteiger partial charge in [0.2, 0.25) is 0 Å². The van der Waals surface area contributed by atoms with Gasteiger partial charge in [0.05, 0.1) is 5.69 Å². The van der Waals surface area contributed by atoms with Crippen molar-refractivity contribution in [2.24, 2.45) is 0 Å². The number of H-pyrrole nitrogens is 2. The predicted molar refractivity (Wildman–Crippen MR) is 67.3 cm³/mol. The van der Waals surface area contributed by atoms with Gasteiger partial charge in [0, 0.05) is 17.0 Å². The fourth-order valence-corrected chi connectivity index (χ4v) is 1.74. The van der Waals surface area contributed by atoms with Gasteiger partial charge < -0.3 is 4.98 Å². The van der Waals surface area contributed by atoms with Gasteiger partial charge >= 0.3 is 5.69 Å². The summed E-state index contributed by atoms with van der Waals surface area (Å²) in [4.78, 5) is 37.9. The van der Waals surface area contributed by atoms with Gasteiger partial charge in [-0.3, -0.25) is 14.6 Å². The Bertz CT molecular complexity index is 686. The number of hydrogen-bond donors (Lipinski definition) is 2. The van der Waals surface area contributed by atoms with Gasteiger partial charge in [-0.05, 0) is 17.7 Å². The van der Waals surface area contributed by atoms with Crippen LogP contribution in [0.2, 0.25) is 5.02 Å². The highest BCUT2D eigenvalue weighted by molar-refractivity contribution is 6.30. The minimum Gasteiger partial charge on any atom is -0.304 e. The molecule has 2 aromatic rings. The van der Waals surface area contributed by atoms with Crippen LogP contribution in [0.3, 0.4) is 0 Å². The number of aromatic amines is 2. The van der Waals surface area contributed by atoms with Crippen molar-refractivity contribution in [2.45, 2.75) is 6.42 Å². The van der Waals surface area contributed by atoms with Crippen LogP contribution in [0.4, 0.5) is 0 Å². The van der Waals surface area contributed by atoms with Gasteiger partial charge in [-0.15, -0.1) is 0 Å². The second kappa shape index (κ2) is 5.01. The molecule has 0 atom stereocenters. The molecule has 0 bridgehead atoms. The van der Waals surface area contributed by atoms with Crippen molar-refractivity contribution in [3.05, 3.63) is 66.9 Å². The van der Waals surface area contributed by atoms with Crippen LogP contribution in [-0.4, -0.2) is 16.3 Å². The van der Waals surface area contributed by atoms with E-state index in [9.17, 15) is 14.4 Å². The minimum atomic E-state index is -0.693. The van der Waals surface area contributed by atoms with E-state index in [-0.39, 0.29) is 17.7 Å². The number of hydrogen-bond acceptors (Lipinski definition) is 3. The number of benzene rings is 1. The molecule has 0 amide bonds. The van der Waals surface area contributed by atoms with Crippen LogP contribution in [0, 0.1) is 0 Å². The van der Waals surface area contributed by atoms with Crippen LogP contribution in [0.1, 0.15) is 21.6 Å². The lowest BCUT2D eigenvalue weighted by Gasteiger charge is -2.03. The second-order valence-corrected chi connectivity index (χ2v) is 4.16. The topological polar surface area (TPSA) is 82.8 Å². The van der Waals surface area contributed by atoms with Crippen molar-refractivity contribution in [3.63, 3.8) is 0 Å². The number of aldehydes is 1. The molecule has 0 aliphatic rings. The number of nitrogens with one attached hydrogen (secondary N) is 2. The number of halogens is 1. The summed E-state index contributed by atoms with van der Waals surface area (Å²) in [6.07, 6.45) is 0.708. The van der Waals surface area contributed by atoms with Gasteiger partial charge in [0.25, 0.3) is 5.56 Å². The maximum Gasteiger partial charge on any atom is 0.326 e. The van der Waals surface area contributed by atoms with E-state index in [0.717, 1.165) is 5.56 Å². The second-order valence-electron chi connectivity index (χ2n) is 3.72. The summed E-state index contributed by atoms with van der Waals surface area (Å²) in [5.74, 6) is 0. The third kappa shape index (κ3) is 2.57. The van der Waals surface area contributed by atoms with E-state index in [1.54, 1.807) is 24.3 Å². The molecule has 1 aromatic carbocycles. The van der Waals surface area contributed by atoms with Gasteiger partial charge in [-0.2, -0.15) is 0 Å². The number of aromatic nitrogens is 2. The maximum absolute atomic E-state index is 11.6. The van der Waals surface area contributed by atoms with E-state index in [4.69, 9.17) is 11.6 Å². The van der Waals surface area contributed by atoms with Gasteiger partial charge in [0.15, 0.2) is 6.29 Å². The van der Waals surface area contributed by atoms with Crippen LogP contribution in [0.25, 0.3) is 0 Å². The molecule has 1 heterocycles. The molecule has 6 heteroatoms. The van der Waals surface area contributed by atoms with E-state index < -0.39 is 11.2 Å². The number of rotatable bonds is 3. The lowest BCUT2D eigenvalue weighted by atomic mass is 10.1. The zero-order valence-corrected chi connectivity index (χ0v) is 9.95. The highest BCUT2D eigenvalue weighted by atomic mass is 35.5. The molecule has 0 fully saturated rings. The van der Waals surface area contributed by atoms with E-state index in [1.165, 1.54) is 0 Å². The highest BCUT2D eigenvalue weighted by Gasteiger charge is 2.09. The lowest BCUT2D eigenvalue weighted by molar-refractivity contribution is 0.111. The smallest absolute Gasteiger partial charge is 0.304 e. The molecule has 92 valence electrons. The average molecular weight is 265 g/mol. The zero-order valence-electron chi connectivity index (χ0n) is 9.20. The van der Waals surface area contributed by atoms with Crippen LogP contribution in [0.5, 0.6) is 0 Å². The molecule has 0 saturated heterocycles. The summed E-state index contributed by atoms with van der Waals surface area (Å²) in [5.41, 5.74) is -0.205. The molecule has 2 rings (SSSR count). The Morgan fingerprint density at radius 1 is 1.11 bits per heavy atom. The van der Waals surface area contributed by atoms with Crippen molar-refractivity contribution >= 4 is 17.9 Å². The molecular formula is C12H9ClN2O3. The van der Waals surface area contributed by atoms with Crippen molar-refractivity contribution in [3.8, 4) is 0 Å². The normalized spacial score (nSPS) is 10.3. The Kier molecular flexibility index (Phi) is 3.43. The first kappa shape index (κ1) is 12.3. The molecule has 0 radical (unpaired) electrons. The summed E-state index contributed by atoms with van der Waals surface area (Å²) in [5, 5.41) is 0.588. The summed E-state index contributed by atoms with van der Waals surface area (Å²) < 4.78 is 0. The first-order valence-electron chi connectivity index (χ1n) is 5.15. The van der Waals surface area contributed by atoms with E-state index in [0.29, 0.717) is 11.3 Å². The van der Waals surface area contributed by atoms with E-state index in [1.807, 2.05) is 0 Å². The third-order valence-electron chi connectivity index (χ3n) is 2.49. The third-order valence-corrected chi connectivity index (χ3v) is 2.74. The first-order chi connectivity index (χ1) is 8.60. The van der Waals surface area contributed by atoms with E-state index in [2.05, 4.69) is 9.97 Å². The summed E-state index contributed by atoms with van der Waals surface area (Å²) in [6, 6.07) is 6.89. The van der Waals surface area contributed by atoms with Gasteiger partial charge in [0.1, 0.15) is 0 Å². The van der Waals surface area contributed by atoms with Crippen LogP contribution < -0.4 is 11.2 Å². The predicted octanol–water partition coefficient (Wildman–Crippen LogP) is 1.12. The van der Waals surface area contributed by atoms with Crippen LogP contribution >= 0.6 is 11.6 Å². The van der Waals surface area contributed by atoms with Crippen molar-refractivity contribution < 1.29 is 4.79 Å². The highest BCUT2D eigenvalue weighted by Crippen LogP contribution is 2.12. The lowest BCUT2D eigenvalue weighted by Crippen LogP contribution is -2.28. The van der Waals surface area contributed by atoms with Gasteiger partial charge in [-0.1, -0.05) is 23.7 Å². The summed E-state index contributed by atoms with van der Waals surface area (Å²) in [6.45, 7) is 0. The molecule has 18 heavy (non-hydrogen) atoms. The van der Waals surface area contributed by atoms with Crippen molar-refractivity contribution in [1.29, 1.82) is 0 Å². The maximum atomic E-state index is 11.6. The molecule has 0 aliphatic heterocycles. The number of carbonyl (C=O) groups is 1.